The summed E-state index contributed by atoms with van der Waals surface area (Å²) in [6.07, 6.45) is 0. The molecule has 0 aliphatic carbocycles. The van der Waals surface area contributed by atoms with Crippen molar-refractivity contribution in [3.8, 4) is 0 Å². The average molecular weight is 290 g/mol. The normalized spacial score (nSPS) is 13.8. The maximum Gasteiger partial charge on any atom is 0.325 e. The van der Waals surface area contributed by atoms with Crippen molar-refractivity contribution in [1.82, 2.24) is 5.32 Å². The summed E-state index contributed by atoms with van der Waals surface area (Å²) < 4.78 is 0. The zero-order chi connectivity index (χ0) is 13.9. The number of hydrogen-bond acceptors (Lipinski definition) is 2. The fourth-order valence-electron chi connectivity index (χ4n) is 1.33. The van der Waals surface area contributed by atoms with Crippen LogP contribution in [0.4, 0.5) is 0 Å². The van der Waals surface area contributed by atoms with Crippen LogP contribution in [-0.2, 0) is 9.59 Å². The van der Waals surface area contributed by atoms with Crippen molar-refractivity contribution in [2.45, 2.75) is 25.8 Å². The first-order valence-electron chi connectivity index (χ1n) is 5.31. The van der Waals surface area contributed by atoms with Gasteiger partial charge in [0.05, 0.1) is 16.0 Å². The van der Waals surface area contributed by atoms with E-state index in [-0.39, 0.29) is 5.91 Å². The highest BCUT2D eigenvalue weighted by Gasteiger charge is 2.20. The van der Waals surface area contributed by atoms with Gasteiger partial charge in [0, 0.05) is 0 Å². The Labute approximate surface area is 115 Å². The minimum absolute atomic E-state index is 0.361. The van der Waals surface area contributed by atoms with Gasteiger partial charge in [0.25, 0.3) is 0 Å². The number of carboxylic acids is 1. The lowest BCUT2D eigenvalue weighted by Crippen LogP contribution is -2.40. The Hall–Kier alpha value is -1.26. The van der Waals surface area contributed by atoms with Crippen LogP contribution in [0, 0.1) is 0 Å². The van der Waals surface area contributed by atoms with E-state index >= 15 is 0 Å². The van der Waals surface area contributed by atoms with Crippen LogP contribution in [-0.4, -0.2) is 23.0 Å². The van der Waals surface area contributed by atoms with Crippen molar-refractivity contribution in [3.63, 3.8) is 0 Å². The van der Waals surface area contributed by atoms with E-state index in [2.05, 4.69) is 5.32 Å². The number of carboxylic acid groups (broad SMARTS) is 1. The van der Waals surface area contributed by atoms with Gasteiger partial charge in [-0.25, -0.2) is 0 Å². The quantitative estimate of drug-likeness (QED) is 0.896. The van der Waals surface area contributed by atoms with E-state index < -0.39 is 17.9 Å². The second-order valence-corrected chi connectivity index (χ2v) is 4.78. The first-order valence-corrected chi connectivity index (χ1v) is 6.06. The Balaban J connectivity index is 2.80. The molecule has 0 aliphatic rings. The molecule has 1 aromatic carbocycles. The summed E-state index contributed by atoms with van der Waals surface area (Å²) in [4.78, 5) is 22.4. The van der Waals surface area contributed by atoms with Crippen molar-refractivity contribution < 1.29 is 14.7 Å². The number of hydrogen-bond donors (Lipinski definition) is 2. The number of amides is 1. The van der Waals surface area contributed by atoms with Crippen LogP contribution in [0.3, 0.4) is 0 Å². The summed E-state index contributed by atoms with van der Waals surface area (Å²) in [5, 5.41) is 11.9. The topological polar surface area (TPSA) is 66.4 Å². The molecule has 18 heavy (non-hydrogen) atoms. The molecule has 1 amide bonds. The van der Waals surface area contributed by atoms with Crippen LogP contribution in [0.1, 0.15) is 25.3 Å². The number of aliphatic carboxylic acids is 1. The molecule has 2 N–H and O–H groups in total. The Kier molecular flexibility index (Phi) is 4.99. The molecule has 0 aliphatic heterocycles. The average Bonchev–Trinajstić information content (AvgIpc) is 2.31. The van der Waals surface area contributed by atoms with Crippen LogP contribution >= 0.6 is 23.2 Å². The first-order chi connectivity index (χ1) is 8.32. The molecular formula is C12H13Cl2NO3. The molecule has 1 unspecified atom stereocenters. The second kappa shape index (κ2) is 6.07. The maximum absolute atomic E-state index is 11.8. The molecule has 0 fully saturated rings. The van der Waals surface area contributed by atoms with Crippen LogP contribution in [0.25, 0.3) is 0 Å². The molecule has 98 valence electrons. The van der Waals surface area contributed by atoms with Crippen molar-refractivity contribution in [2.24, 2.45) is 0 Å². The molecular weight excluding hydrogens is 277 g/mol. The van der Waals surface area contributed by atoms with E-state index in [1.807, 2.05) is 0 Å². The summed E-state index contributed by atoms with van der Waals surface area (Å²) in [5.41, 5.74) is 0.680. The number of carbonyl (C=O) groups is 2. The van der Waals surface area contributed by atoms with E-state index in [0.717, 1.165) is 0 Å². The third kappa shape index (κ3) is 3.62. The SMILES string of the molecule is CC(C(=O)N[C@@H](C)C(=O)O)c1ccc(Cl)c(Cl)c1. The van der Waals surface area contributed by atoms with Gasteiger partial charge >= 0.3 is 5.97 Å². The lowest BCUT2D eigenvalue weighted by Gasteiger charge is -2.15. The van der Waals surface area contributed by atoms with Gasteiger partial charge in [0.15, 0.2) is 0 Å². The third-order valence-electron chi connectivity index (χ3n) is 2.57. The van der Waals surface area contributed by atoms with E-state index in [0.29, 0.717) is 15.6 Å². The van der Waals surface area contributed by atoms with Gasteiger partial charge in [-0.15, -0.1) is 0 Å². The molecule has 0 radical (unpaired) electrons. The van der Waals surface area contributed by atoms with Crippen LogP contribution in [0.5, 0.6) is 0 Å². The molecule has 0 saturated heterocycles. The number of halogens is 2. The number of carbonyl (C=O) groups excluding carboxylic acids is 1. The third-order valence-corrected chi connectivity index (χ3v) is 3.31. The zero-order valence-corrected chi connectivity index (χ0v) is 11.4. The van der Waals surface area contributed by atoms with Crippen LogP contribution < -0.4 is 5.32 Å². The molecule has 1 rings (SSSR count). The predicted molar refractivity (Wildman–Crippen MR) is 70.1 cm³/mol. The lowest BCUT2D eigenvalue weighted by molar-refractivity contribution is -0.141. The number of nitrogens with one attached hydrogen (secondary N) is 1. The molecule has 0 spiro atoms. The molecule has 2 atom stereocenters. The van der Waals surface area contributed by atoms with Gasteiger partial charge in [0.2, 0.25) is 5.91 Å². The molecule has 0 heterocycles. The molecule has 0 aromatic heterocycles. The first kappa shape index (κ1) is 14.8. The van der Waals surface area contributed by atoms with Crippen LogP contribution in [0.15, 0.2) is 18.2 Å². The maximum atomic E-state index is 11.8. The highest BCUT2D eigenvalue weighted by atomic mass is 35.5. The fraction of sp³-hybridized carbons (Fsp3) is 0.333. The lowest BCUT2D eigenvalue weighted by atomic mass is 10.00. The molecule has 1 aromatic rings. The molecule has 6 heteroatoms. The summed E-state index contributed by atoms with van der Waals surface area (Å²) in [6.45, 7) is 3.07. The molecule has 4 nitrogen and oxygen atoms in total. The van der Waals surface area contributed by atoms with Crippen molar-refractivity contribution in [3.05, 3.63) is 33.8 Å². The number of rotatable bonds is 4. The van der Waals surface area contributed by atoms with Crippen molar-refractivity contribution in [1.29, 1.82) is 0 Å². The Morgan fingerprint density at radius 2 is 1.83 bits per heavy atom. The fourth-order valence-corrected chi connectivity index (χ4v) is 1.64. The van der Waals surface area contributed by atoms with E-state index in [1.54, 1.807) is 25.1 Å². The van der Waals surface area contributed by atoms with Gasteiger partial charge < -0.3 is 10.4 Å². The van der Waals surface area contributed by atoms with Crippen molar-refractivity contribution >= 4 is 35.1 Å². The highest BCUT2D eigenvalue weighted by molar-refractivity contribution is 6.42. The van der Waals surface area contributed by atoms with Crippen molar-refractivity contribution in [2.75, 3.05) is 0 Å². The highest BCUT2D eigenvalue weighted by Crippen LogP contribution is 2.26. The zero-order valence-electron chi connectivity index (χ0n) is 9.91. The summed E-state index contributed by atoms with van der Waals surface area (Å²) in [7, 11) is 0. The Morgan fingerprint density at radius 1 is 1.22 bits per heavy atom. The van der Waals surface area contributed by atoms with E-state index in [9.17, 15) is 9.59 Å². The van der Waals surface area contributed by atoms with Gasteiger partial charge in [-0.1, -0.05) is 29.3 Å². The monoisotopic (exact) mass is 289 g/mol. The van der Waals surface area contributed by atoms with E-state index in [1.165, 1.54) is 6.92 Å². The Morgan fingerprint density at radius 3 is 2.33 bits per heavy atom. The Bertz CT molecular complexity index is 476. The predicted octanol–water partition coefficient (Wildman–Crippen LogP) is 2.69. The summed E-state index contributed by atoms with van der Waals surface area (Å²) in [5.74, 6) is -1.95. The minimum atomic E-state index is -1.08. The summed E-state index contributed by atoms with van der Waals surface area (Å²) >= 11 is 11.6. The van der Waals surface area contributed by atoms with Gasteiger partial charge in [-0.05, 0) is 31.5 Å². The standard InChI is InChI=1S/C12H13Cl2NO3/c1-6(11(16)15-7(2)12(17)18)8-3-4-9(13)10(14)5-8/h3-7H,1-2H3,(H,15,16)(H,17,18)/t6?,7-/m0/s1. The van der Waals surface area contributed by atoms with Gasteiger partial charge in [0.1, 0.15) is 6.04 Å². The minimum Gasteiger partial charge on any atom is -0.480 e. The summed E-state index contributed by atoms with van der Waals surface area (Å²) in [6, 6.07) is 3.95. The van der Waals surface area contributed by atoms with Crippen LogP contribution in [0.2, 0.25) is 10.0 Å². The second-order valence-electron chi connectivity index (χ2n) is 3.96. The largest absolute Gasteiger partial charge is 0.480 e. The van der Waals surface area contributed by atoms with Gasteiger partial charge in [-0.3, -0.25) is 9.59 Å². The number of benzene rings is 1. The molecule has 0 saturated carbocycles. The smallest absolute Gasteiger partial charge is 0.325 e. The van der Waals surface area contributed by atoms with Gasteiger partial charge in [-0.2, -0.15) is 0 Å². The molecule has 0 bridgehead atoms. The van der Waals surface area contributed by atoms with E-state index in [4.69, 9.17) is 28.3 Å².